The normalized spacial score (nSPS) is 10.4. The van der Waals surface area contributed by atoms with Crippen LogP contribution in [0, 0.1) is 0 Å². The maximum Gasteiger partial charge on any atom is 0.387 e. The lowest BCUT2D eigenvalue weighted by atomic mass is 10.2. The zero-order valence-electron chi connectivity index (χ0n) is 10.9. The fourth-order valence-corrected chi connectivity index (χ4v) is 1.48. The van der Waals surface area contributed by atoms with Crippen molar-refractivity contribution in [3.63, 3.8) is 0 Å². The Morgan fingerprint density at radius 1 is 1.37 bits per heavy atom. The largest absolute Gasteiger partial charge is 0.493 e. The van der Waals surface area contributed by atoms with Crippen LogP contribution in [0.4, 0.5) is 8.78 Å². The Kier molecular flexibility index (Phi) is 6.05. The molecule has 1 aromatic rings. The Balaban J connectivity index is 2.78. The molecule has 0 bridgehead atoms. The van der Waals surface area contributed by atoms with Crippen LogP contribution in [0.15, 0.2) is 18.2 Å². The lowest BCUT2D eigenvalue weighted by Crippen LogP contribution is -2.24. The quantitative estimate of drug-likeness (QED) is 0.777. The highest BCUT2D eigenvalue weighted by atomic mass is 19.3. The molecule has 1 aromatic carbocycles. The number of hydrogen-bond acceptors (Lipinski definition) is 3. The van der Waals surface area contributed by atoms with Gasteiger partial charge in [-0.3, -0.25) is 4.79 Å². The minimum atomic E-state index is -2.93. The van der Waals surface area contributed by atoms with E-state index >= 15 is 0 Å². The van der Waals surface area contributed by atoms with Crippen LogP contribution >= 0.6 is 0 Å². The topological polar surface area (TPSA) is 47.6 Å². The van der Waals surface area contributed by atoms with Gasteiger partial charge in [-0.25, -0.2) is 0 Å². The summed E-state index contributed by atoms with van der Waals surface area (Å²) in [6, 6.07) is 4.08. The van der Waals surface area contributed by atoms with Crippen LogP contribution in [0.1, 0.15) is 30.1 Å². The van der Waals surface area contributed by atoms with Crippen molar-refractivity contribution in [2.75, 3.05) is 13.7 Å². The van der Waals surface area contributed by atoms with Gasteiger partial charge >= 0.3 is 6.61 Å². The molecule has 0 aliphatic carbocycles. The number of carbonyl (C=O) groups excluding carboxylic acids is 1. The highest BCUT2D eigenvalue weighted by molar-refractivity contribution is 5.94. The van der Waals surface area contributed by atoms with E-state index in [1.54, 1.807) is 0 Å². The standard InChI is InChI=1S/C13H17F2NO3/c1-3-4-7-16-12(17)9-5-6-10(19-13(14)15)11(8-9)18-2/h5-6,8,13H,3-4,7H2,1-2H3,(H,16,17). The number of carbonyl (C=O) groups is 1. The van der Waals surface area contributed by atoms with Gasteiger partial charge in [-0.2, -0.15) is 8.78 Å². The summed E-state index contributed by atoms with van der Waals surface area (Å²) in [4.78, 5) is 11.8. The number of rotatable bonds is 7. The van der Waals surface area contributed by atoms with Gasteiger partial charge in [0, 0.05) is 12.1 Å². The molecule has 19 heavy (non-hydrogen) atoms. The molecule has 0 atom stereocenters. The van der Waals surface area contributed by atoms with Crippen molar-refractivity contribution in [1.29, 1.82) is 0 Å². The summed E-state index contributed by atoms with van der Waals surface area (Å²) in [6.07, 6.45) is 1.86. The molecule has 6 heteroatoms. The summed E-state index contributed by atoms with van der Waals surface area (Å²) in [5.41, 5.74) is 0.342. The van der Waals surface area contributed by atoms with E-state index in [4.69, 9.17) is 4.74 Å². The van der Waals surface area contributed by atoms with Crippen LogP contribution in [0.25, 0.3) is 0 Å². The lowest BCUT2D eigenvalue weighted by molar-refractivity contribution is -0.0512. The SMILES string of the molecule is CCCCNC(=O)c1ccc(OC(F)F)c(OC)c1. The van der Waals surface area contributed by atoms with Gasteiger partial charge in [0.2, 0.25) is 0 Å². The summed E-state index contributed by atoms with van der Waals surface area (Å²) in [7, 11) is 1.33. The van der Waals surface area contributed by atoms with Crippen LogP contribution in [-0.4, -0.2) is 26.2 Å². The van der Waals surface area contributed by atoms with Gasteiger partial charge in [0.15, 0.2) is 11.5 Å². The third kappa shape index (κ3) is 4.73. The van der Waals surface area contributed by atoms with Gasteiger partial charge in [0.05, 0.1) is 7.11 Å². The highest BCUT2D eigenvalue weighted by Crippen LogP contribution is 2.29. The number of benzene rings is 1. The molecule has 0 aliphatic heterocycles. The van der Waals surface area contributed by atoms with Crippen LogP contribution in [0.5, 0.6) is 11.5 Å². The summed E-state index contributed by atoms with van der Waals surface area (Å²) in [5.74, 6) is -0.263. The van der Waals surface area contributed by atoms with Gasteiger partial charge in [-0.1, -0.05) is 13.3 Å². The molecule has 0 saturated carbocycles. The maximum absolute atomic E-state index is 12.1. The average Bonchev–Trinajstić information content (AvgIpc) is 2.38. The second kappa shape index (κ2) is 7.56. The molecule has 1 N–H and O–H groups in total. The van der Waals surface area contributed by atoms with Gasteiger partial charge in [0.1, 0.15) is 0 Å². The molecule has 0 unspecified atom stereocenters. The van der Waals surface area contributed by atoms with E-state index in [2.05, 4.69) is 10.1 Å². The number of nitrogens with one attached hydrogen (secondary N) is 1. The molecular weight excluding hydrogens is 256 g/mol. The minimum Gasteiger partial charge on any atom is -0.493 e. The van der Waals surface area contributed by atoms with Crippen molar-refractivity contribution in [1.82, 2.24) is 5.32 Å². The number of halogens is 2. The van der Waals surface area contributed by atoms with E-state index in [1.807, 2.05) is 6.92 Å². The zero-order valence-corrected chi connectivity index (χ0v) is 10.9. The van der Waals surface area contributed by atoms with E-state index < -0.39 is 6.61 Å². The minimum absolute atomic E-state index is 0.0948. The average molecular weight is 273 g/mol. The van der Waals surface area contributed by atoms with Crippen molar-refractivity contribution >= 4 is 5.91 Å². The number of methoxy groups -OCH3 is 1. The molecular formula is C13H17F2NO3. The zero-order chi connectivity index (χ0) is 14.3. The van der Waals surface area contributed by atoms with Crippen LogP contribution < -0.4 is 14.8 Å². The lowest BCUT2D eigenvalue weighted by Gasteiger charge is -2.11. The summed E-state index contributed by atoms with van der Waals surface area (Å²) < 4.78 is 33.5. The van der Waals surface area contributed by atoms with E-state index in [1.165, 1.54) is 25.3 Å². The Morgan fingerprint density at radius 2 is 2.11 bits per heavy atom. The Morgan fingerprint density at radius 3 is 2.68 bits per heavy atom. The Hall–Kier alpha value is -1.85. The van der Waals surface area contributed by atoms with Gasteiger partial charge < -0.3 is 14.8 Å². The number of ether oxygens (including phenoxy) is 2. The smallest absolute Gasteiger partial charge is 0.387 e. The molecule has 0 aromatic heterocycles. The molecule has 0 radical (unpaired) electrons. The summed E-state index contributed by atoms with van der Waals surface area (Å²) in [6.45, 7) is -0.336. The molecule has 0 heterocycles. The van der Waals surface area contributed by atoms with Gasteiger partial charge in [0.25, 0.3) is 5.91 Å². The molecule has 0 fully saturated rings. The Bertz CT molecular complexity index is 424. The molecule has 0 saturated heterocycles. The predicted molar refractivity (Wildman–Crippen MR) is 66.9 cm³/mol. The second-order valence-corrected chi connectivity index (χ2v) is 3.85. The van der Waals surface area contributed by atoms with E-state index in [0.717, 1.165) is 12.8 Å². The summed E-state index contributed by atoms with van der Waals surface area (Å²) >= 11 is 0. The highest BCUT2D eigenvalue weighted by Gasteiger charge is 2.13. The van der Waals surface area contributed by atoms with Gasteiger partial charge in [-0.05, 0) is 24.6 Å². The number of amides is 1. The van der Waals surface area contributed by atoms with Crippen LogP contribution in [-0.2, 0) is 0 Å². The molecule has 1 amide bonds. The van der Waals surface area contributed by atoms with E-state index in [0.29, 0.717) is 12.1 Å². The van der Waals surface area contributed by atoms with Crippen LogP contribution in [0.2, 0.25) is 0 Å². The van der Waals surface area contributed by atoms with Crippen molar-refractivity contribution in [2.45, 2.75) is 26.4 Å². The first-order valence-electron chi connectivity index (χ1n) is 5.99. The van der Waals surface area contributed by atoms with E-state index in [9.17, 15) is 13.6 Å². The predicted octanol–water partition coefficient (Wildman–Crippen LogP) is 2.83. The van der Waals surface area contributed by atoms with Crippen molar-refractivity contribution in [2.24, 2.45) is 0 Å². The van der Waals surface area contributed by atoms with Crippen molar-refractivity contribution in [3.05, 3.63) is 23.8 Å². The maximum atomic E-state index is 12.1. The number of hydrogen-bond donors (Lipinski definition) is 1. The third-order valence-corrected chi connectivity index (χ3v) is 2.46. The van der Waals surface area contributed by atoms with E-state index in [-0.39, 0.29) is 17.4 Å². The molecule has 0 spiro atoms. The first-order chi connectivity index (χ1) is 9.08. The Labute approximate surface area is 110 Å². The fraction of sp³-hybridized carbons (Fsp3) is 0.462. The first-order valence-corrected chi connectivity index (χ1v) is 5.99. The van der Waals surface area contributed by atoms with Crippen molar-refractivity contribution < 1.29 is 23.0 Å². The fourth-order valence-electron chi connectivity index (χ4n) is 1.48. The molecule has 0 aliphatic rings. The second-order valence-electron chi connectivity index (χ2n) is 3.85. The molecule has 106 valence electrons. The molecule has 1 rings (SSSR count). The number of unbranched alkanes of at least 4 members (excludes halogenated alkanes) is 1. The first kappa shape index (κ1) is 15.2. The van der Waals surface area contributed by atoms with Crippen LogP contribution in [0.3, 0.4) is 0 Å². The monoisotopic (exact) mass is 273 g/mol. The van der Waals surface area contributed by atoms with Crippen molar-refractivity contribution in [3.8, 4) is 11.5 Å². The molecule has 4 nitrogen and oxygen atoms in total. The third-order valence-electron chi connectivity index (χ3n) is 2.46. The van der Waals surface area contributed by atoms with Gasteiger partial charge in [-0.15, -0.1) is 0 Å². The number of alkyl halides is 2. The summed E-state index contributed by atoms with van der Waals surface area (Å²) in [5, 5.41) is 2.73.